The molecule has 3 rings (SSSR count). The zero-order valence-electron chi connectivity index (χ0n) is 11.0. The first-order chi connectivity index (χ1) is 9.65. The summed E-state index contributed by atoms with van der Waals surface area (Å²) in [5.74, 6) is 0.164. The first kappa shape index (κ1) is 12.4. The van der Waals surface area contributed by atoms with Crippen LogP contribution in [0.25, 0.3) is 22.3 Å². The van der Waals surface area contributed by atoms with Crippen molar-refractivity contribution in [2.24, 2.45) is 0 Å². The maximum absolute atomic E-state index is 11.6. The highest BCUT2D eigenvalue weighted by Crippen LogP contribution is 2.28. The molecule has 98 valence electrons. The number of aromatic hydroxyl groups is 1. The lowest BCUT2D eigenvalue weighted by Gasteiger charge is -1.94. The number of rotatable bonds is 1. The van der Waals surface area contributed by atoms with Gasteiger partial charge < -0.3 is 5.11 Å². The molecular formula is C17H13O3+. The molecule has 1 aromatic heterocycles. The number of hydrogen-bond acceptors (Lipinski definition) is 2. The lowest BCUT2D eigenvalue weighted by molar-refractivity contribution is 0.470. The highest BCUT2D eigenvalue weighted by molar-refractivity contribution is 5.80. The second-order valence-corrected chi connectivity index (χ2v) is 4.69. The molecule has 0 spiro atoms. The van der Waals surface area contributed by atoms with Crippen LogP contribution >= 0.6 is 0 Å². The number of benzene rings is 1. The van der Waals surface area contributed by atoms with Crippen LogP contribution in [-0.2, 0) is 0 Å². The van der Waals surface area contributed by atoms with Crippen LogP contribution in [-0.4, -0.2) is 5.11 Å². The van der Waals surface area contributed by atoms with Crippen LogP contribution in [0.4, 0.5) is 0 Å². The third-order valence-corrected chi connectivity index (χ3v) is 3.18. The van der Waals surface area contributed by atoms with Gasteiger partial charge in [0.15, 0.2) is 5.75 Å². The van der Waals surface area contributed by atoms with Crippen LogP contribution in [0.1, 0.15) is 5.56 Å². The summed E-state index contributed by atoms with van der Waals surface area (Å²) in [6, 6.07) is 15.8. The number of aryl methyl sites for hydroxylation is 1. The number of fused-ring (bicyclic) bond motifs is 1. The van der Waals surface area contributed by atoms with Gasteiger partial charge >= 0.3 is 11.3 Å². The van der Waals surface area contributed by atoms with Crippen LogP contribution in [0.5, 0.6) is 5.75 Å². The van der Waals surface area contributed by atoms with Crippen molar-refractivity contribution in [3.05, 3.63) is 70.4 Å². The highest BCUT2D eigenvalue weighted by atomic mass is 16.3. The van der Waals surface area contributed by atoms with Crippen LogP contribution in [0, 0.1) is 6.92 Å². The van der Waals surface area contributed by atoms with Crippen LogP contribution in [0.3, 0.4) is 0 Å². The van der Waals surface area contributed by atoms with Gasteiger partial charge in [-0.2, -0.15) is 0 Å². The van der Waals surface area contributed by atoms with E-state index in [9.17, 15) is 9.90 Å². The van der Waals surface area contributed by atoms with Crippen molar-refractivity contribution in [2.45, 2.75) is 6.92 Å². The molecule has 0 aliphatic carbocycles. The summed E-state index contributed by atoms with van der Waals surface area (Å²) in [6.07, 6.45) is 0. The molecule has 3 nitrogen and oxygen atoms in total. The van der Waals surface area contributed by atoms with E-state index in [-0.39, 0.29) is 5.75 Å². The molecule has 0 radical (unpaired) electrons. The second-order valence-electron chi connectivity index (χ2n) is 4.69. The van der Waals surface area contributed by atoms with Gasteiger partial charge in [0.1, 0.15) is 5.56 Å². The Bertz CT molecular complexity index is 854. The van der Waals surface area contributed by atoms with E-state index < -0.39 is 5.43 Å². The minimum atomic E-state index is -0.427. The quantitative estimate of drug-likeness (QED) is 0.681. The first-order valence-corrected chi connectivity index (χ1v) is 6.31. The van der Waals surface area contributed by atoms with Gasteiger partial charge in [0.2, 0.25) is 5.43 Å². The average Bonchev–Trinajstić information content (AvgIpc) is 2.61. The Kier molecular flexibility index (Phi) is 2.95. The van der Waals surface area contributed by atoms with Gasteiger partial charge in [-0.3, -0.25) is 4.79 Å². The molecule has 3 aromatic rings. The van der Waals surface area contributed by atoms with E-state index in [1.807, 2.05) is 31.2 Å². The fourth-order valence-corrected chi connectivity index (χ4v) is 2.14. The van der Waals surface area contributed by atoms with Crippen LogP contribution in [0.2, 0.25) is 0 Å². The van der Waals surface area contributed by atoms with E-state index in [0.29, 0.717) is 16.9 Å². The topological polar surface area (TPSA) is 48.6 Å². The third-order valence-electron chi connectivity index (χ3n) is 3.18. The molecule has 0 aliphatic rings. The van der Waals surface area contributed by atoms with Gasteiger partial charge in [0.05, 0.1) is 5.39 Å². The van der Waals surface area contributed by atoms with Gasteiger partial charge in [-0.1, -0.05) is 12.1 Å². The Balaban J connectivity index is 2.26. The largest absolute Gasteiger partial charge is 0.503 e. The first-order valence-electron chi connectivity index (χ1n) is 6.31. The van der Waals surface area contributed by atoms with Crippen molar-refractivity contribution in [1.82, 2.24) is 0 Å². The van der Waals surface area contributed by atoms with E-state index in [1.54, 1.807) is 24.3 Å². The van der Waals surface area contributed by atoms with Crippen molar-refractivity contribution < 1.29 is 9.52 Å². The summed E-state index contributed by atoms with van der Waals surface area (Å²) < 4.78 is 5.78. The third kappa shape index (κ3) is 2.14. The molecule has 0 aliphatic heterocycles. The van der Waals surface area contributed by atoms with Gasteiger partial charge in [0, 0.05) is 12.1 Å². The molecule has 0 unspecified atom stereocenters. The zero-order valence-corrected chi connectivity index (χ0v) is 11.0. The second kappa shape index (κ2) is 4.78. The van der Waals surface area contributed by atoms with E-state index in [0.717, 1.165) is 10.9 Å². The van der Waals surface area contributed by atoms with Crippen LogP contribution in [0.15, 0.2) is 63.8 Å². The Morgan fingerprint density at radius 1 is 1.00 bits per heavy atom. The SMILES string of the molecule is Cc1ccc2[o+]c(-c3ccccc(=O)c3O)ccc2c1. The molecule has 0 saturated carbocycles. The van der Waals surface area contributed by atoms with Gasteiger partial charge in [-0.05, 0) is 42.8 Å². The maximum Gasteiger partial charge on any atom is 0.364 e. The lowest BCUT2D eigenvalue weighted by Crippen LogP contribution is -1.94. The van der Waals surface area contributed by atoms with Gasteiger partial charge in [-0.25, -0.2) is 4.42 Å². The summed E-state index contributed by atoms with van der Waals surface area (Å²) in [5.41, 5.74) is 1.83. The number of hydrogen-bond donors (Lipinski definition) is 1. The van der Waals surface area contributed by atoms with Gasteiger partial charge in [0.25, 0.3) is 0 Å². The van der Waals surface area contributed by atoms with E-state index >= 15 is 0 Å². The fourth-order valence-electron chi connectivity index (χ4n) is 2.14. The maximum atomic E-state index is 11.6. The monoisotopic (exact) mass is 265 g/mol. The van der Waals surface area contributed by atoms with E-state index in [1.165, 1.54) is 6.07 Å². The molecule has 0 amide bonds. The van der Waals surface area contributed by atoms with Crippen LogP contribution < -0.4 is 5.43 Å². The van der Waals surface area contributed by atoms with Crippen molar-refractivity contribution in [3.8, 4) is 17.1 Å². The van der Waals surface area contributed by atoms with Gasteiger partial charge in [-0.15, -0.1) is 0 Å². The van der Waals surface area contributed by atoms with Crippen molar-refractivity contribution in [1.29, 1.82) is 0 Å². The average molecular weight is 265 g/mol. The molecule has 2 aromatic carbocycles. The summed E-state index contributed by atoms with van der Waals surface area (Å²) in [6.45, 7) is 2.01. The normalized spacial score (nSPS) is 10.7. The highest BCUT2D eigenvalue weighted by Gasteiger charge is 2.18. The molecule has 3 heteroatoms. The Morgan fingerprint density at radius 3 is 2.65 bits per heavy atom. The van der Waals surface area contributed by atoms with E-state index in [4.69, 9.17) is 4.42 Å². The lowest BCUT2D eigenvalue weighted by atomic mass is 10.1. The molecule has 0 atom stereocenters. The fraction of sp³-hybridized carbons (Fsp3) is 0.0588. The minimum Gasteiger partial charge on any atom is -0.503 e. The Labute approximate surface area is 115 Å². The summed E-state index contributed by atoms with van der Waals surface area (Å²) in [4.78, 5) is 11.6. The minimum absolute atomic E-state index is 0.301. The standard InChI is InChI=1S/C17H12O3/c1-11-6-8-15-12(10-11)7-9-16(20-15)13-4-2-3-5-14(18)17(13)19/h2-10H,1H3/p+1. The Morgan fingerprint density at radius 2 is 1.80 bits per heavy atom. The molecule has 1 N–H and O–H groups in total. The van der Waals surface area contributed by atoms with Crippen molar-refractivity contribution in [2.75, 3.05) is 0 Å². The van der Waals surface area contributed by atoms with Crippen molar-refractivity contribution in [3.63, 3.8) is 0 Å². The molecule has 0 bridgehead atoms. The summed E-state index contributed by atoms with van der Waals surface area (Å²) in [7, 11) is 0. The van der Waals surface area contributed by atoms with Crippen molar-refractivity contribution >= 4 is 11.0 Å². The molecule has 0 fully saturated rings. The predicted molar refractivity (Wildman–Crippen MR) is 78.7 cm³/mol. The van der Waals surface area contributed by atoms with E-state index in [2.05, 4.69) is 0 Å². The molecule has 0 saturated heterocycles. The zero-order chi connectivity index (χ0) is 14.1. The summed E-state index contributed by atoms with van der Waals surface area (Å²) in [5, 5.41) is 10.9. The smallest absolute Gasteiger partial charge is 0.364 e. The summed E-state index contributed by atoms with van der Waals surface area (Å²) >= 11 is 0. The molecular weight excluding hydrogens is 252 g/mol. The Hall–Kier alpha value is -2.68. The molecule has 1 heterocycles. The predicted octanol–water partition coefficient (Wildman–Crippen LogP) is 3.76. The molecule has 20 heavy (non-hydrogen) atoms.